The number of carbonyl (C=O) groups is 1. The van der Waals surface area contributed by atoms with Gasteiger partial charge in [-0.05, 0) is 31.0 Å². The number of H-pyrrole nitrogens is 1. The lowest BCUT2D eigenvalue weighted by molar-refractivity contribution is 0.0941. The van der Waals surface area contributed by atoms with Gasteiger partial charge in [0.25, 0.3) is 5.91 Å². The van der Waals surface area contributed by atoms with Gasteiger partial charge < -0.3 is 15.4 Å². The van der Waals surface area contributed by atoms with Crippen LogP contribution in [0.1, 0.15) is 35.3 Å². The number of hydrogen-bond acceptors (Lipinski definition) is 2. The summed E-state index contributed by atoms with van der Waals surface area (Å²) in [5.74, 6) is -0.0170. The molecule has 0 fully saturated rings. The van der Waals surface area contributed by atoms with Crippen LogP contribution in [0.3, 0.4) is 0 Å². The third kappa shape index (κ3) is 3.96. The fraction of sp³-hybridized carbons (Fsp3) is 0.312. The van der Waals surface area contributed by atoms with Crippen molar-refractivity contribution in [1.82, 2.24) is 10.3 Å². The van der Waals surface area contributed by atoms with Crippen LogP contribution in [0.15, 0.2) is 48.7 Å². The number of benzene rings is 1. The van der Waals surface area contributed by atoms with E-state index in [0.717, 1.165) is 5.56 Å². The molecule has 2 aromatic rings. The van der Waals surface area contributed by atoms with Crippen LogP contribution in [-0.2, 0) is 0 Å². The molecular formula is C16H20N2O2. The van der Waals surface area contributed by atoms with E-state index in [1.165, 1.54) is 0 Å². The Morgan fingerprint density at radius 3 is 2.60 bits per heavy atom. The van der Waals surface area contributed by atoms with Gasteiger partial charge in [0.1, 0.15) is 5.69 Å². The molecule has 0 spiro atoms. The summed E-state index contributed by atoms with van der Waals surface area (Å²) in [7, 11) is 0. The van der Waals surface area contributed by atoms with Crippen molar-refractivity contribution < 1.29 is 9.90 Å². The molecule has 3 N–H and O–H groups in total. The second-order valence-corrected chi connectivity index (χ2v) is 4.99. The molecule has 0 aliphatic heterocycles. The molecule has 0 saturated heterocycles. The number of aliphatic hydroxyl groups is 1. The summed E-state index contributed by atoms with van der Waals surface area (Å²) in [6.07, 6.45) is 1.94. The van der Waals surface area contributed by atoms with Gasteiger partial charge in [-0.25, -0.2) is 0 Å². The molecule has 2 atom stereocenters. The van der Waals surface area contributed by atoms with Crippen LogP contribution >= 0.6 is 0 Å². The van der Waals surface area contributed by atoms with Crippen LogP contribution in [-0.4, -0.2) is 28.6 Å². The van der Waals surface area contributed by atoms with Crippen LogP contribution in [0.25, 0.3) is 0 Å². The van der Waals surface area contributed by atoms with Crippen LogP contribution in [0.2, 0.25) is 0 Å². The third-order valence-corrected chi connectivity index (χ3v) is 3.25. The second kappa shape index (κ2) is 6.91. The van der Waals surface area contributed by atoms with Crippen LogP contribution in [0, 0.1) is 0 Å². The summed E-state index contributed by atoms with van der Waals surface area (Å²) in [6, 6.07) is 13.5. The van der Waals surface area contributed by atoms with Crippen molar-refractivity contribution in [2.45, 2.75) is 25.4 Å². The van der Waals surface area contributed by atoms with Gasteiger partial charge in [-0.1, -0.05) is 30.3 Å². The molecule has 0 bridgehead atoms. The van der Waals surface area contributed by atoms with E-state index >= 15 is 0 Å². The highest BCUT2D eigenvalue weighted by Gasteiger charge is 2.16. The van der Waals surface area contributed by atoms with E-state index in [4.69, 9.17) is 0 Å². The normalized spacial score (nSPS) is 13.7. The lowest BCUT2D eigenvalue weighted by Gasteiger charge is -2.19. The average Bonchev–Trinajstić information content (AvgIpc) is 2.98. The van der Waals surface area contributed by atoms with E-state index in [0.29, 0.717) is 18.7 Å². The molecule has 2 rings (SSSR count). The zero-order chi connectivity index (χ0) is 14.4. The van der Waals surface area contributed by atoms with E-state index in [2.05, 4.69) is 10.3 Å². The summed E-state index contributed by atoms with van der Waals surface area (Å²) in [4.78, 5) is 14.8. The molecule has 2 unspecified atom stereocenters. The minimum Gasteiger partial charge on any atom is -0.393 e. The van der Waals surface area contributed by atoms with E-state index < -0.39 is 6.10 Å². The Kier molecular flexibility index (Phi) is 4.96. The Hall–Kier alpha value is -2.07. The van der Waals surface area contributed by atoms with Gasteiger partial charge in [0.2, 0.25) is 0 Å². The van der Waals surface area contributed by atoms with Crippen LogP contribution in [0.4, 0.5) is 0 Å². The zero-order valence-electron chi connectivity index (χ0n) is 11.5. The van der Waals surface area contributed by atoms with Crippen molar-refractivity contribution in [3.05, 3.63) is 59.9 Å². The van der Waals surface area contributed by atoms with E-state index in [1.54, 1.807) is 25.3 Å². The maximum Gasteiger partial charge on any atom is 0.267 e. The number of aromatic amines is 1. The highest BCUT2D eigenvalue weighted by Crippen LogP contribution is 2.20. The lowest BCUT2D eigenvalue weighted by atomic mass is 9.93. The van der Waals surface area contributed by atoms with Crippen LogP contribution in [0.5, 0.6) is 0 Å². The average molecular weight is 272 g/mol. The van der Waals surface area contributed by atoms with E-state index in [1.807, 2.05) is 30.3 Å². The Bertz CT molecular complexity index is 521. The first-order valence-electron chi connectivity index (χ1n) is 6.81. The molecule has 20 heavy (non-hydrogen) atoms. The predicted octanol–water partition coefficient (Wildman–Crippen LogP) is 2.30. The van der Waals surface area contributed by atoms with Gasteiger partial charge in [-0.15, -0.1) is 0 Å². The van der Waals surface area contributed by atoms with E-state index in [-0.39, 0.29) is 11.8 Å². The molecule has 0 radical (unpaired) electrons. The molecule has 106 valence electrons. The SMILES string of the molecule is CC(O)CC(CNC(=O)c1ccc[nH]1)c1ccccc1. The summed E-state index contributed by atoms with van der Waals surface area (Å²) < 4.78 is 0. The topological polar surface area (TPSA) is 65.1 Å². The minimum atomic E-state index is -0.400. The van der Waals surface area contributed by atoms with Gasteiger partial charge in [-0.2, -0.15) is 0 Å². The van der Waals surface area contributed by atoms with Crippen molar-refractivity contribution in [2.75, 3.05) is 6.54 Å². The van der Waals surface area contributed by atoms with Gasteiger partial charge in [0.15, 0.2) is 0 Å². The highest BCUT2D eigenvalue weighted by molar-refractivity contribution is 5.92. The minimum absolute atomic E-state index is 0.107. The lowest BCUT2D eigenvalue weighted by Crippen LogP contribution is -2.29. The van der Waals surface area contributed by atoms with Gasteiger partial charge in [-0.3, -0.25) is 4.79 Å². The van der Waals surface area contributed by atoms with Crippen molar-refractivity contribution in [2.24, 2.45) is 0 Å². The summed E-state index contributed by atoms with van der Waals surface area (Å²) >= 11 is 0. The number of amides is 1. The highest BCUT2D eigenvalue weighted by atomic mass is 16.3. The monoisotopic (exact) mass is 272 g/mol. The Morgan fingerprint density at radius 2 is 2.00 bits per heavy atom. The second-order valence-electron chi connectivity index (χ2n) is 4.99. The summed E-state index contributed by atoms with van der Waals surface area (Å²) in [6.45, 7) is 2.27. The van der Waals surface area contributed by atoms with Crippen molar-refractivity contribution in [3.63, 3.8) is 0 Å². The summed E-state index contributed by atoms with van der Waals surface area (Å²) in [5.41, 5.74) is 1.68. The maximum atomic E-state index is 11.9. The maximum absolute atomic E-state index is 11.9. The fourth-order valence-corrected chi connectivity index (χ4v) is 2.26. The summed E-state index contributed by atoms with van der Waals surface area (Å²) in [5, 5.41) is 12.5. The quantitative estimate of drug-likeness (QED) is 0.755. The van der Waals surface area contributed by atoms with Crippen molar-refractivity contribution in [1.29, 1.82) is 0 Å². The molecule has 1 amide bonds. The molecule has 4 nitrogen and oxygen atoms in total. The van der Waals surface area contributed by atoms with Crippen molar-refractivity contribution >= 4 is 5.91 Å². The molecule has 0 aliphatic carbocycles. The van der Waals surface area contributed by atoms with E-state index in [9.17, 15) is 9.90 Å². The first-order chi connectivity index (χ1) is 9.66. The largest absolute Gasteiger partial charge is 0.393 e. The fourth-order valence-electron chi connectivity index (χ4n) is 2.26. The zero-order valence-corrected chi connectivity index (χ0v) is 11.5. The standard InChI is InChI=1S/C16H20N2O2/c1-12(19)10-14(13-6-3-2-4-7-13)11-18-16(20)15-8-5-9-17-15/h2-9,12,14,17,19H,10-11H2,1H3,(H,18,20). The Labute approximate surface area is 118 Å². The molecule has 1 aromatic heterocycles. The van der Waals surface area contributed by atoms with Gasteiger partial charge in [0, 0.05) is 18.7 Å². The number of hydrogen-bond donors (Lipinski definition) is 3. The molecule has 0 aliphatic rings. The molecule has 4 heteroatoms. The Balaban J connectivity index is 2.00. The first-order valence-corrected chi connectivity index (χ1v) is 6.81. The van der Waals surface area contributed by atoms with Crippen molar-refractivity contribution in [3.8, 4) is 0 Å². The number of nitrogens with one attached hydrogen (secondary N) is 2. The van der Waals surface area contributed by atoms with Gasteiger partial charge >= 0.3 is 0 Å². The number of aliphatic hydroxyl groups excluding tert-OH is 1. The number of aromatic nitrogens is 1. The van der Waals surface area contributed by atoms with Crippen LogP contribution < -0.4 is 5.32 Å². The molecule has 0 saturated carbocycles. The number of rotatable bonds is 6. The smallest absolute Gasteiger partial charge is 0.267 e. The molecule has 1 heterocycles. The van der Waals surface area contributed by atoms with Gasteiger partial charge in [0.05, 0.1) is 6.10 Å². The molecular weight excluding hydrogens is 252 g/mol. The third-order valence-electron chi connectivity index (χ3n) is 3.25. The number of carbonyl (C=O) groups excluding carboxylic acids is 1. The Morgan fingerprint density at radius 1 is 1.25 bits per heavy atom. The first kappa shape index (κ1) is 14.3. The molecule has 1 aromatic carbocycles. The predicted molar refractivity (Wildman–Crippen MR) is 78.6 cm³/mol.